The van der Waals surface area contributed by atoms with E-state index in [1.54, 1.807) is 0 Å². The second-order valence-electron chi connectivity index (χ2n) is 8.93. The number of fused-ring (bicyclic) bond motifs is 5. The zero-order valence-electron chi connectivity index (χ0n) is 14.6. The predicted molar refractivity (Wildman–Crippen MR) is 92.4 cm³/mol. The van der Waals surface area contributed by atoms with Crippen LogP contribution in [-0.2, 0) is 6.42 Å². The molecule has 0 amide bonds. The molecule has 0 heterocycles. The van der Waals surface area contributed by atoms with Crippen LogP contribution in [0.15, 0.2) is 18.2 Å². The van der Waals surface area contributed by atoms with Crippen molar-refractivity contribution >= 4 is 0 Å². The highest BCUT2D eigenvalue weighted by Crippen LogP contribution is 2.63. The van der Waals surface area contributed by atoms with Gasteiger partial charge in [0.1, 0.15) is 5.75 Å². The van der Waals surface area contributed by atoms with Crippen molar-refractivity contribution in [3.8, 4) is 5.75 Å². The maximum absolute atomic E-state index is 11.0. The molecule has 2 fully saturated rings. The van der Waals surface area contributed by atoms with Gasteiger partial charge in [-0.1, -0.05) is 26.8 Å². The number of rotatable bonds is 1. The lowest BCUT2D eigenvalue weighted by Gasteiger charge is -2.50. The Labute approximate surface area is 139 Å². The maximum Gasteiger partial charge on any atom is 0.115 e. The van der Waals surface area contributed by atoms with Crippen LogP contribution in [0.2, 0.25) is 0 Å². The molecule has 6 atom stereocenters. The summed E-state index contributed by atoms with van der Waals surface area (Å²) in [6.07, 6.45) is 5.71. The van der Waals surface area contributed by atoms with Crippen molar-refractivity contribution in [2.24, 2.45) is 29.1 Å². The predicted octanol–water partition coefficient (Wildman–Crippen LogP) is 4.49. The van der Waals surface area contributed by atoms with Crippen LogP contribution in [0, 0.1) is 29.1 Å². The number of phenols is 1. The summed E-state index contributed by atoms with van der Waals surface area (Å²) < 4.78 is 0. The van der Waals surface area contributed by atoms with Crippen molar-refractivity contribution < 1.29 is 10.2 Å². The van der Waals surface area contributed by atoms with Gasteiger partial charge in [0.25, 0.3) is 0 Å². The van der Waals surface area contributed by atoms with Gasteiger partial charge >= 0.3 is 0 Å². The van der Waals surface area contributed by atoms with E-state index in [0.29, 0.717) is 35.3 Å². The monoisotopic (exact) mass is 314 g/mol. The minimum Gasteiger partial charge on any atom is -0.508 e. The molecule has 0 unspecified atom stereocenters. The van der Waals surface area contributed by atoms with E-state index in [9.17, 15) is 10.2 Å². The fourth-order valence-electron chi connectivity index (χ4n) is 6.28. The van der Waals surface area contributed by atoms with E-state index in [1.807, 2.05) is 12.1 Å². The summed E-state index contributed by atoms with van der Waals surface area (Å²) in [7, 11) is 0. The molecular formula is C21H30O2. The number of phenolic OH excluding ortho intramolecular Hbond substituents is 1. The molecule has 2 N–H and O–H groups in total. The van der Waals surface area contributed by atoms with E-state index in [0.717, 1.165) is 12.8 Å². The van der Waals surface area contributed by atoms with E-state index >= 15 is 0 Å². The molecule has 0 radical (unpaired) electrons. The Morgan fingerprint density at radius 3 is 2.74 bits per heavy atom. The Kier molecular flexibility index (Phi) is 3.53. The average Bonchev–Trinajstić information content (AvgIpc) is 2.79. The highest BCUT2D eigenvalue weighted by molar-refractivity contribution is 5.40. The molecular weight excluding hydrogens is 284 g/mol. The van der Waals surface area contributed by atoms with E-state index in [2.05, 4.69) is 26.8 Å². The van der Waals surface area contributed by atoms with E-state index in [1.165, 1.54) is 30.4 Å². The van der Waals surface area contributed by atoms with Crippen LogP contribution < -0.4 is 0 Å². The number of aliphatic hydroxyl groups excluding tert-OH is 1. The molecule has 2 saturated carbocycles. The summed E-state index contributed by atoms with van der Waals surface area (Å²) in [5, 5.41) is 20.8. The van der Waals surface area contributed by atoms with Gasteiger partial charge in [0.15, 0.2) is 0 Å². The van der Waals surface area contributed by atoms with Crippen LogP contribution in [-0.4, -0.2) is 16.3 Å². The first-order valence-electron chi connectivity index (χ1n) is 9.41. The highest BCUT2D eigenvalue weighted by atomic mass is 16.3. The molecule has 2 nitrogen and oxygen atoms in total. The first-order chi connectivity index (χ1) is 10.9. The highest BCUT2D eigenvalue weighted by Gasteiger charge is 2.58. The fourth-order valence-corrected chi connectivity index (χ4v) is 6.28. The smallest absolute Gasteiger partial charge is 0.115 e. The Hall–Kier alpha value is -1.02. The van der Waals surface area contributed by atoms with Gasteiger partial charge in [-0.2, -0.15) is 0 Å². The van der Waals surface area contributed by atoms with Gasteiger partial charge in [0, 0.05) is 0 Å². The van der Waals surface area contributed by atoms with Crippen LogP contribution in [0.25, 0.3) is 0 Å². The van der Waals surface area contributed by atoms with Crippen LogP contribution in [0.3, 0.4) is 0 Å². The van der Waals surface area contributed by atoms with Gasteiger partial charge in [-0.15, -0.1) is 0 Å². The molecule has 2 heteroatoms. The fraction of sp³-hybridized carbons (Fsp3) is 0.714. The summed E-state index contributed by atoms with van der Waals surface area (Å²) in [4.78, 5) is 0. The molecule has 0 aliphatic heterocycles. The summed E-state index contributed by atoms with van der Waals surface area (Å²) in [6.45, 7) is 6.89. The molecule has 0 aromatic heterocycles. The number of aromatic hydroxyl groups is 1. The lowest BCUT2D eigenvalue weighted by atomic mass is 9.55. The minimum atomic E-state index is -0.130. The largest absolute Gasteiger partial charge is 0.508 e. The third kappa shape index (κ3) is 2.17. The Morgan fingerprint density at radius 2 is 2.00 bits per heavy atom. The Morgan fingerprint density at radius 1 is 1.22 bits per heavy atom. The van der Waals surface area contributed by atoms with Gasteiger partial charge in [-0.05, 0) is 90.4 Å². The summed E-state index contributed by atoms with van der Waals surface area (Å²) in [5.74, 6) is 3.44. The zero-order valence-corrected chi connectivity index (χ0v) is 14.6. The Bertz CT molecular complexity index is 608. The molecule has 1 aromatic carbocycles. The van der Waals surface area contributed by atoms with Crippen LogP contribution in [0.1, 0.15) is 63.5 Å². The second-order valence-corrected chi connectivity index (χ2v) is 8.93. The molecule has 4 rings (SSSR count). The average molecular weight is 314 g/mol. The van der Waals surface area contributed by atoms with Gasteiger partial charge < -0.3 is 10.2 Å². The molecule has 0 saturated heterocycles. The lowest BCUT2D eigenvalue weighted by Crippen LogP contribution is -2.44. The minimum absolute atomic E-state index is 0.116. The SMILES string of the molecule is CC(C)[C@H]1C[C@H]2[C@@H]3CCc4cc(O)ccc4[C@H]3CC[C@]2(C)[C@H]1O. The molecule has 0 spiro atoms. The van der Waals surface area contributed by atoms with E-state index < -0.39 is 0 Å². The first-order valence-corrected chi connectivity index (χ1v) is 9.41. The number of hydrogen-bond acceptors (Lipinski definition) is 2. The van der Waals surface area contributed by atoms with Crippen LogP contribution >= 0.6 is 0 Å². The normalized spacial score (nSPS) is 42.2. The van der Waals surface area contributed by atoms with Crippen molar-refractivity contribution in [1.29, 1.82) is 0 Å². The van der Waals surface area contributed by atoms with E-state index in [4.69, 9.17) is 0 Å². The summed E-state index contributed by atoms with van der Waals surface area (Å²) in [6, 6.07) is 5.99. The summed E-state index contributed by atoms with van der Waals surface area (Å²) in [5.41, 5.74) is 2.95. The van der Waals surface area contributed by atoms with Gasteiger partial charge in [-0.25, -0.2) is 0 Å². The van der Waals surface area contributed by atoms with E-state index in [-0.39, 0.29) is 11.5 Å². The van der Waals surface area contributed by atoms with Crippen LogP contribution in [0.4, 0.5) is 0 Å². The van der Waals surface area contributed by atoms with Crippen molar-refractivity contribution in [3.05, 3.63) is 29.3 Å². The standard InChI is InChI=1S/C21H30O2/c1-12(2)18-11-19-17-6-4-13-10-14(22)5-7-15(13)16(17)8-9-21(19,3)20(18)23/h5,7,10,12,16-20,22-23H,4,6,8-9,11H2,1-3H3/t16-,17-,18-,19+,20+,21+/m1/s1. The van der Waals surface area contributed by atoms with Gasteiger partial charge in [0.2, 0.25) is 0 Å². The van der Waals surface area contributed by atoms with Crippen molar-refractivity contribution in [1.82, 2.24) is 0 Å². The van der Waals surface area contributed by atoms with Crippen molar-refractivity contribution in [2.45, 2.75) is 64.9 Å². The molecule has 3 aliphatic rings. The first kappa shape index (κ1) is 15.5. The number of hydrogen-bond donors (Lipinski definition) is 2. The molecule has 3 aliphatic carbocycles. The number of benzene rings is 1. The quantitative estimate of drug-likeness (QED) is 0.801. The van der Waals surface area contributed by atoms with Crippen molar-refractivity contribution in [3.63, 3.8) is 0 Å². The van der Waals surface area contributed by atoms with Gasteiger partial charge in [-0.3, -0.25) is 0 Å². The second kappa shape index (κ2) is 5.24. The third-order valence-electron chi connectivity index (χ3n) is 7.61. The molecule has 1 aromatic rings. The molecule has 0 bridgehead atoms. The topological polar surface area (TPSA) is 40.5 Å². The lowest BCUT2D eigenvalue weighted by molar-refractivity contribution is -0.0371. The molecule has 126 valence electrons. The van der Waals surface area contributed by atoms with Crippen molar-refractivity contribution in [2.75, 3.05) is 0 Å². The number of aliphatic hydroxyl groups is 1. The third-order valence-corrected chi connectivity index (χ3v) is 7.61. The van der Waals surface area contributed by atoms with Crippen LogP contribution in [0.5, 0.6) is 5.75 Å². The van der Waals surface area contributed by atoms with Gasteiger partial charge in [0.05, 0.1) is 6.10 Å². The zero-order chi connectivity index (χ0) is 16.4. The molecule has 23 heavy (non-hydrogen) atoms. The Balaban J connectivity index is 1.68. The summed E-state index contributed by atoms with van der Waals surface area (Å²) >= 11 is 0. The number of aryl methyl sites for hydroxylation is 1. The maximum atomic E-state index is 11.0.